The van der Waals surface area contributed by atoms with E-state index in [-0.39, 0.29) is 0 Å². The summed E-state index contributed by atoms with van der Waals surface area (Å²) in [6.45, 7) is 2.28. The van der Waals surface area contributed by atoms with E-state index in [0.717, 1.165) is 23.5 Å². The fourth-order valence-corrected chi connectivity index (χ4v) is 2.69. The first-order chi connectivity index (χ1) is 8.78. The van der Waals surface area contributed by atoms with E-state index in [1.807, 2.05) is 12.1 Å². The van der Waals surface area contributed by atoms with Crippen LogP contribution in [0.4, 0.5) is 0 Å². The van der Waals surface area contributed by atoms with Gasteiger partial charge >= 0.3 is 0 Å². The van der Waals surface area contributed by atoms with Crippen LogP contribution in [0.5, 0.6) is 0 Å². The summed E-state index contributed by atoms with van der Waals surface area (Å²) in [5, 5.41) is 1.19. The van der Waals surface area contributed by atoms with Gasteiger partial charge in [-0.2, -0.15) is 0 Å². The Labute approximate surface area is 107 Å². The van der Waals surface area contributed by atoms with Gasteiger partial charge in [-0.3, -0.25) is 16.3 Å². The monoisotopic (exact) mass is 241 g/mol. The topological polar surface area (TPSA) is 50.9 Å². The third-order valence-corrected chi connectivity index (χ3v) is 3.99. The van der Waals surface area contributed by atoms with Crippen LogP contribution >= 0.6 is 0 Å². The van der Waals surface area contributed by atoms with Crippen LogP contribution in [-0.2, 0) is 6.42 Å². The molecule has 3 nitrogen and oxygen atoms in total. The Morgan fingerprint density at radius 2 is 2.11 bits per heavy atom. The lowest BCUT2D eigenvalue weighted by Gasteiger charge is -2.15. The summed E-state index contributed by atoms with van der Waals surface area (Å²) >= 11 is 0. The molecule has 3 heteroatoms. The number of nitrogens with zero attached hydrogens (tertiary/aromatic N) is 1. The second kappa shape index (κ2) is 4.67. The molecule has 3 atom stereocenters. The molecule has 3 rings (SSSR count). The number of hydrogen-bond acceptors (Lipinski definition) is 3. The molecule has 0 radical (unpaired) electrons. The van der Waals surface area contributed by atoms with E-state index in [9.17, 15) is 0 Å². The van der Waals surface area contributed by atoms with Crippen LogP contribution in [-0.4, -0.2) is 11.0 Å². The number of para-hydroxylation sites is 1. The average Bonchev–Trinajstić information content (AvgIpc) is 3.13. The van der Waals surface area contributed by atoms with Crippen molar-refractivity contribution < 1.29 is 0 Å². The van der Waals surface area contributed by atoms with Gasteiger partial charge in [0.1, 0.15) is 0 Å². The van der Waals surface area contributed by atoms with Crippen molar-refractivity contribution in [2.24, 2.45) is 17.7 Å². The van der Waals surface area contributed by atoms with Gasteiger partial charge in [0.25, 0.3) is 0 Å². The van der Waals surface area contributed by atoms with Crippen LogP contribution in [0.1, 0.15) is 19.0 Å². The minimum Gasteiger partial charge on any atom is -0.271 e. The van der Waals surface area contributed by atoms with Gasteiger partial charge in [0.05, 0.1) is 5.52 Å². The summed E-state index contributed by atoms with van der Waals surface area (Å²) in [4.78, 5) is 4.70. The molecule has 0 saturated heterocycles. The number of hydrogen-bond donors (Lipinski definition) is 2. The highest BCUT2D eigenvalue weighted by molar-refractivity contribution is 5.78. The Bertz CT molecular complexity index is 552. The molecule has 1 aromatic heterocycles. The molecule has 0 amide bonds. The van der Waals surface area contributed by atoms with Crippen LogP contribution < -0.4 is 11.3 Å². The Morgan fingerprint density at radius 3 is 2.83 bits per heavy atom. The number of fused-ring (bicyclic) bond motifs is 1. The van der Waals surface area contributed by atoms with E-state index < -0.39 is 0 Å². The van der Waals surface area contributed by atoms with E-state index in [4.69, 9.17) is 10.8 Å². The molecule has 1 aromatic carbocycles. The molecule has 1 heterocycles. The maximum Gasteiger partial charge on any atom is 0.0705 e. The number of nitrogens with one attached hydrogen (secondary N) is 1. The Kier molecular flexibility index (Phi) is 3.02. The first kappa shape index (κ1) is 11.6. The molecule has 94 valence electrons. The Morgan fingerprint density at radius 1 is 1.33 bits per heavy atom. The molecule has 0 spiro atoms. The number of rotatable bonds is 4. The summed E-state index contributed by atoms with van der Waals surface area (Å²) in [5.74, 6) is 7.17. The van der Waals surface area contributed by atoms with Crippen molar-refractivity contribution in [2.75, 3.05) is 0 Å². The standard InChI is InChI=1S/C15H19N3/c1-10-8-13(10)15(18-16)9-12-7-6-11-4-2-3-5-14(11)17-12/h2-7,10,13,15,18H,8-9,16H2,1H3. The lowest BCUT2D eigenvalue weighted by molar-refractivity contribution is 0.451. The van der Waals surface area contributed by atoms with Gasteiger partial charge in [0.2, 0.25) is 0 Å². The SMILES string of the molecule is CC1CC1C(Cc1ccc2ccccc2n1)NN. The predicted octanol–water partition coefficient (Wildman–Crippen LogP) is 2.27. The van der Waals surface area contributed by atoms with E-state index in [2.05, 4.69) is 36.6 Å². The zero-order valence-corrected chi connectivity index (χ0v) is 10.6. The molecule has 0 aliphatic heterocycles. The van der Waals surface area contributed by atoms with Crippen LogP contribution in [0, 0.1) is 11.8 Å². The van der Waals surface area contributed by atoms with Gasteiger partial charge in [0.15, 0.2) is 0 Å². The molecule has 3 unspecified atom stereocenters. The van der Waals surface area contributed by atoms with Gasteiger partial charge in [-0.1, -0.05) is 31.2 Å². The largest absolute Gasteiger partial charge is 0.271 e. The molecular formula is C15H19N3. The number of hydrazine groups is 1. The van der Waals surface area contributed by atoms with Crippen molar-refractivity contribution in [3.63, 3.8) is 0 Å². The highest BCUT2D eigenvalue weighted by Crippen LogP contribution is 2.41. The van der Waals surface area contributed by atoms with E-state index in [1.54, 1.807) is 0 Å². The van der Waals surface area contributed by atoms with Crippen molar-refractivity contribution in [2.45, 2.75) is 25.8 Å². The molecule has 3 N–H and O–H groups in total. The van der Waals surface area contributed by atoms with Gasteiger partial charge in [0, 0.05) is 23.5 Å². The first-order valence-corrected chi connectivity index (χ1v) is 6.58. The molecule has 2 aromatic rings. The highest BCUT2D eigenvalue weighted by atomic mass is 15.2. The minimum absolute atomic E-state index is 0.355. The van der Waals surface area contributed by atoms with Gasteiger partial charge in [-0.25, -0.2) is 0 Å². The van der Waals surface area contributed by atoms with E-state index in [1.165, 1.54) is 11.8 Å². The van der Waals surface area contributed by atoms with Crippen LogP contribution in [0.2, 0.25) is 0 Å². The Hall–Kier alpha value is -1.45. The molecule has 1 aliphatic rings. The zero-order chi connectivity index (χ0) is 12.5. The van der Waals surface area contributed by atoms with Crippen LogP contribution in [0.15, 0.2) is 36.4 Å². The molecule has 0 bridgehead atoms. The van der Waals surface area contributed by atoms with Gasteiger partial charge in [-0.15, -0.1) is 0 Å². The molecular weight excluding hydrogens is 222 g/mol. The smallest absolute Gasteiger partial charge is 0.0705 e. The van der Waals surface area contributed by atoms with Crippen LogP contribution in [0.25, 0.3) is 10.9 Å². The quantitative estimate of drug-likeness (QED) is 0.637. The minimum atomic E-state index is 0.355. The summed E-state index contributed by atoms with van der Waals surface area (Å²) in [6.07, 6.45) is 2.19. The predicted molar refractivity (Wildman–Crippen MR) is 73.8 cm³/mol. The number of benzene rings is 1. The number of pyridine rings is 1. The normalized spacial score (nSPS) is 24.1. The third kappa shape index (κ3) is 2.24. The van der Waals surface area contributed by atoms with E-state index >= 15 is 0 Å². The summed E-state index contributed by atoms with van der Waals surface area (Å²) in [6, 6.07) is 12.8. The van der Waals surface area contributed by atoms with Gasteiger partial charge < -0.3 is 0 Å². The molecule has 1 fully saturated rings. The summed E-state index contributed by atoms with van der Waals surface area (Å²) in [5.41, 5.74) is 5.14. The van der Waals surface area contributed by atoms with Crippen molar-refractivity contribution in [3.05, 3.63) is 42.1 Å². The van der Waals surface area contributed by atoms with Crippen LogP contribution in [0.3, 0.4) is 0 Å². The maximum absolute atomic E-state index is 5.66. The number of nitrogens with two attached hydrogens (primary N) is 1. The van der Waals surface area contributed by atoms with Crippen molar-refractivity contribution in [1.29, 1.82) is 0 Å². The fourth-order valence-electron chi connectivity index (χ4n) is 2.69. The first-order valence-electron chi connectivity index (χ1n) is 6.58. The van der Waals surface area contributed by atoms with Crippen molar-refractivity contribution in [3.8, 4) is 0 Å². The fraction of sp³-hybridized carbons (Fsp3) is 0.400. The molecule has 1 aliphatic carbocycles. The second-order valence-corrected chi connectivity index (χ2v) is 5.35. The lowest BCUT2D eigenvalue weighted by atomic mass is 10.0. The van der Waals surface area contributed by atoms with Gasteiger partial charge in [-0.05, 0) is 30.4 Å². The second-order valence-electron chi connectivity index (χ2n) is 5.35. The molecule has 18 heavy (non-hydrogen) atoms. The maximum atomic E-state index is 5.66. The zero-order valence-electron chi connectivity index (χ0n) is 10.6. The number of aromatic nitrogens is 1. The summed E-state index contributed by atoms with van der Waals surface area (Å²) in [7, 11) is 0. The Balaban J connectivity index is 1.81. The summed E-state index contributed by atoms with van der Waals surface area (Å²) < 4.78 is 0. The molecule has 1 saturated carbocycles. The van der Waals surface area contributed by atoms with Crippen molar-refractivity contribution in [1.82, 2.24) is 10.4 Å². The average molecular weight is 241 g/mol. The van der Waals surface area contributed by atoms with E-state index in [0.29, 0.717) is 12.0 Å². The highest BCUT2D eigenvalue weighted by Gasteiger charge is 2.39. The van der Waals surface area contributed by atoms with Crippen molar-refractivity contribution >= 4 is 10.9 Å². The lowest BCUT2D eigenvalue weighted by Crippen LogP contribution is -2.39. The third-order valence-electron chi connectivity index (χ3n) is 3.99.